The van der Waals surface area contributed by atoms with Crippen LogP contribution in [0.5, 0.6) is 0 Å². The summed E-state index contributed by atoms with van der Waals surface area (Å²) in [4.78, 5) is 16.7. The Morgan fingerprint density at radius 2 is 2.29 bits per heavy atom. The van der Waals surface area contributed by atoms with Crippen LogP contribution in [-0.4, -0.2) is 16.1 Å². The van der Waals surface area contributed by atoms with E-state index < -0.39 is 5.97 Å². The van der Waals surface area contributed by atoms with Crippen LogP contribution in [0.4, 0.5) is 0 Å². The molecule has 2 rings (SSSR count). The van der Waals surface area contributed by atoms with Crippen LogP contribution in [0.15, 0.2) is 39.6 Å². The van der Waals surface area contributed by atoms with Crippen molar-refractivity contribution >= 4 is 29.1 Å². The number of aromatic nitrogens is 1. The smallest absolute Gasteiger partial charge is 0.345 e. The summed E-state index contributed by atoms with van der Waals surface area (Å²) in [5.74, 6) is -0.917. The Hall–Kier alpha value is -1.84. The Labute approximate surface area is 106 Å². The topological polar surface area (TPSA) is 74.0 Å². The molecule has 0 unspecified atom stereocenters. The Kier molecular flexibility index (Phi) is 3.42. The fraction of sp³-hybridized carbons (Fsp3) is 0. The molecule has 0 saturated heterocycles. The van der Waals surface area contributed by atoms with Crippen molar-refractivity contribution in [2.24, 2.45) is 0 Å². The first-order chi connectivity index (χ1) is 8.19. The van der Waals surface area contributed by atoms with Crippen LogP contribution in [-0.2, 0) is 0 Å². The molecule has 84 valence electrons. The number of carboxylic acid groups (broad SMARTS) is 1. The van der Waals surface area contributed by atoms with Gasteiger partial charge in [-0.15, -0.1) is 11.3 Å². The number of aromatic carboxylic acids is 1. The van der Waals surface area contributed by atoms with Gasteiger partial charge in [0, 0.05) is 21.4 Å². The Bertz CT molecular complexity index is 584. The first-order valence-corrected chi connectivity index (χ1v) is 6.24. The molecule has 6 heteroatoms. The lowest BCUT2D eigenvalue weighted by atomic mass is 10.4. The number of carbonyl (C=O) groups is 1. The monoisotopic (exact) mass is 262 g/mol. The molecule has 0 spiro atoms. The Morgan fingerprint density at radius 1 is 1.47 bits per heavy atom. The molecule has 17 heavy (non-hydrogen) atoms. The minimum atomic E-state index is -0.917. The molecule has 0 fully saturated rings. The SMILES string of the molecule is N#Cc1ccc(Sc2csc(C(=O)O)c2)cn1. The van der Waals surface area contributed by atoms with Gasteiger partial charge in [0.05, 0.1) is 0 Å². The van der Waals surface area contributed by atoms with Gasteiger partial charge in [-0.25, -0.2) is 9.78 Å². The molecule has 2 heterocycles. The van der Waals surface area contributed by atoms with E-state index in [0.29, 0.717) is 10.6 Å². The quantitative estimate of drug-likeness (QED) is 0.920. The number of nitrogens with zero attached hydrogens (tertiary/aromatic N) is 2. The van der Waals surface area contributed by atoms with Crippen molar-refractivity contribution in [1.29, 1.82) is 5.26 Å². The standard InChI is InChI=1S/C11H6N2O2S2/c12-4-7-1-2-8(5-13-7)17-9-3-10(11(14)15)16-6-9/h1-3,5-6H,(H,14,15). The number of rotatable bonds is 3. The third kappa shape index (κ3) is 2.84. The van der Waals surface area contributed by atoms with Crippen molar-refractivity contribution in [2.75, 3.05) is 0 Å². The summed E-state index contributed by atoms with van der Waals surface area (Å²) in [6, 6.07) is 6.98. The van der Waals surface area contributed by atoms with E-state index in [-0.39, 0.29) is 0 Å². The van der Waals surface area contributed by atoms with Gasteiger partial charge in [-0.05, 0) is 18.2 Å². The number of hydrogen-bond donors (Lipinski definition) is 1. The molecule has 4 nitrogen and oxygen atoms in total. The summed E-state index contributed by atoms with van der Waals surface area (Å²) >= 11 is 2.61. The molecule has 0 amide bonds. The lowest BCUT2D eigenvalue weighted by Crippen LogP contribution is -1.89. The van der Waals surface area contributed by atoms with Gasteiger partial charge in [0.15, 0.2) is 0 Å². The van der Waals surface area contributed by atoms with E-state index in [1.807, 2.05) is 6.07 Å². The zero-order valence-electron chi connectivity index (χ0n) is 8.45. The van der Waals surface area contributed by atoms with E-state index in [0.717, 1.165) is 9.79 Å². The summed E-state index contributed by atoms with van der Waals surface area (Å²) in [7, 11) is 0. The maximum absolute atomic E-state index is 10.7. The van der Waals surface area contributed by atoms with Gasteiger partial charge in [0.25, 0.3) is 0 Å². The maximum atomic E-state index is 10.7. The van der Waals surface area contributed by atoms with Crippen LogP contribution < -0.4 is 0 Å². The molecule has 0 bridgehead atoms. The zero-order valence-corrected chi connectivity index (χ0v) is 10.1. The average molecular weight is 262 g/mol. The second kappa shape index (κ2) is 4.99. The van der Waals surface area contributed by atoms with Crippen molar-refractivity contribution in [2.45, 2.75) is 9.79 Å². The number of thiophene rings is 1. The molecule has 0 aliphatic heterocycles. The lowest BCUT2D eigenvalue weighted by molar-refractivity contribution is 0.0702. The normalized spacial score (nSPS) is 9.82. The lowest BCUT2D eigenvalue weighted by Gasteiger charge is -1.97. The maximum Gasteiger partial charge on any atom is 0.345 e. The molecular weight excluding hydrogens is 256 g/mol. The summed E-state index contributed by atoms with van der Waals surface area (Å²) in [5.41, 5.74) is 0.367. The molecular formula is C11H6N2O2S2. The molecule has 0 aliphatic rings. The molecule has 0 aliphatic carbocycles. The van der Waals surface area contributed by atoms with Gasteiger partial charge in [0.1, 0.15) is 16.6 Å². The highest BCUT2D eigenvalue weighted by molar-refractivity contribution is 7.99. The van der Waals surface area contributed by atoms with Gasteiger partial charge in [-0.3, -0.25) is 0 Å². The highest BCUT2D eigenvalue weighted by atomic mass is 32.2. The number of nitriles is 1. The van der Waals surface area contributed by atoms with E-state index in [1.165, 1.54) is 23.1 Å². The van der Waals surface area contributed by atoms with Gasteiger partial charge < -0.3 is 5.11 Å². The third-order valence-corrected chi connectivity index (χ3v) is 3.89. The van der Waals surface area contributed by atoms with Crippen LogP contribution in [0.1, 0.15) is 15.4 Å². The van der Waals surface area contributed by atoms with Crippen LogP contribution >= 0.6 is 23.1 Å². The van der Waals surface area contributed by atoms with Crippen molar-refractivity contribution in [3.8, 4) is 6.07 Å². The first-order valence-electron chi connectivity index (χ1n) is 4.55. The average Bonchev–Trinajstić information content (AvgIpc) is 2.79. The second-order valence-electron chi connectivity index (χ2n) is 3.04. The van der Waals surface area contributed by atoms with Crippen LogP contribution in [0.3, 0.4) is 0 Å². The Balaban J connectivity index is 2.14. The minimum absolute atomic E-state index is 0.314. The van der Waals surface area contributed by atoms with Crippen molar-refractivity contribution in [3.63, 3.8) is 0 Å². The molecule has 0 saturated carbocycles. The van der Waals surface area contributed by atoms with Gasteiger partial charge in [-0.1, -0.05) is 11.8 Å². The summed E-state index contributed by atoms with van der Waals surface area (Å²) < 4.78 is 0. The summed E-state index contributed by atoms with van der Waals surface area (Å²) in [6.07, 6.45) is 1.60. The predicted octanol–water partition coefficient (Wildman–Crippen LogP) is 2.86. The highest BCUT2D eigenvalue weighted by Gasteiger charge is 2.07. The fourth-order valence-corrected chi connectivity index (χ4v) is 2.84. The molecule has 2 aromatic heterocycles. The fourth-order valence-electron chi connectivity index (χ4n) is 1.13. The van der Waals surface area contributed by atoms with Crippen molar-refractivity contribution in [1.82, 2.24) is 4.98 Å². The van der Waals surface area contributed by atoms with Crippen molar-refractivity contribution in [3.05, 3.63) is 40.3 Å². The summed E-state index contributed by atoms with van der Waals surface area (Å²) in [6.45, 7) is 0. The number of pyridine rings is 1. The van der Waals surface area contributed by atoms with Gasteiger partial charge in [0.2, 0.25) is 0 Å². The summed E-state index contributed by atoms with van der Waals surface area (Å²) in [5, 5.41) is 19.2. The highest BCUT2D eigenvalue weighted by Crippen LogP contribution is 2.30. The van der Waals surface area contributed by atoms with Crippen molar-refractivity contribution < 1.29 is 9.90 Å². The molecule has 0 radical (unpaired) electrons. The predicted molar refractivity (Wildman–Crippen MR) is 64.4 cm³/mol. The van der Waals surface area contributed by atoms with E-state index in [4.69, 9.17) is 10.4 Å². The zero-order chi connectivity index (χ0) is 12.3. The molecule has 1 N–H and O–H groups in total. The van der Waals surface area contributed by atoms with E-state index in [1.54, 1.807) is 29.8 Å². The first kappa shape index (κ1) is 11.6. The van der Waals surface area contributed by atoms with E-state index >= 15 is 0 Å². The molecule has 0 aromatic carbocycles. The third-order valence-electron chi connectivity index (χ3n) is 1.87. The van der Waals surface area contributed by atoms with Crippen LogP contribution in [0.25, 0.3) is 0 Å². The van der Waals surface area contributed by atoms with E-state index in [9.17, 15) is 4.79 Å². The largest absolute Gasteiger partial charge is 0.477 e. The number of hydrogen-bond acceptors (Lipinski definition) is 5. The Morgan fingerprint density at radius 3 is 2.82 bits per heavy atom. The number of carboxylic acids is 1. The van der Waals surface area contributed by atoms with Crippen LogP contribution in [0, 0.1) is 11.3 Å². The minimum Gasteiger partial charge on any atom is -0.477 e. The van der Waals surface area contributed by atoms with Gasteiger partial charge in [-0.2, -0.15) is 5.26 Å². The van der Waals surface area contributed by atoms with E-state index in [2.05, 4.69) is 4.98 Å². The van der Waals surface area contributed by atoms with Gasteiger partial charge >= 0.3 is 5.97 Å². The molecule has 2 aromatic rings. The second-order valence-corrected chi connectivity index (χ2v) is 5.10. The molecule has 0 atom stereocenters. The van der Waals surface area contributed by atoms with Crippen LogP contribution in [0.2, 0.25) is 0 Å².